The van der Waals surface area contributed by atoms with Crippen molar-refractivity contribution in [3.05, 3.63) is 0 Å². The molecule has 6 nitrogen and oxygen atoms in total. The van der Waals surface area contributed by atoms with Crippen molar-refractivity contribution in [1.82, 2.24) is 5.32 Å². The van der Waals surface area contributed by atoms with Crippen LogP contribution in [0.25, 0.3) is 0 Å². The van der Waals surface area contributed by atoms with Gasteiger partial charge in [0.2, 0.25) is 5.91 Å². The molecule has 0 aliphatic carbocycles. The van der Waals surface area contributed by atoms with Crippen molar-refractivity contribution >= 4 is 29.7 Å². The second-order valence-corrected chi connectivity index (χ2v) is 4.60. The molecule has 0 saturated carbocycles. The number of hydrogen-bond acceptors (Lipinski definition) is 6. The summed E-state index contributed by atoms with van der Waals surface area (Å²) in [6, 6.07) is 0. The highest BCUT2D eigenvalue weighted by Gasteiger charge is 2.13. The topological polar surface area (TPSA) is 81.7 Å². The molecule has 0 aliphatic heterocycles. The summed E-state index contributed by atoms with van der Waals surface area (Å²) < 4.78 is 9.04. The molecule has 0 bridgehead atoms. The molecule has 0 radical (unpaired) electrons. The van der Waals surface area contributed by atoms with Crippen LogP contribution in [0.5, 0.6) is 0 Å². The number of methoxy groups -OCH3 is 1. The summed E-state index contributed by atoms with van der Waals surface area (Å²) in [6.07, 6.45) is -0.521. The lowest BCUT2D eigenvalue weighted by molar-refractivity contribution is -0.140. The average Bonchev–Trinajstić information content (AvgIpc) is 2.26. The molecule has 98 valence electrons. The van der Waals surface area contributed by atoms with Gasteiger partial charge in [0.05, 0.1) is 25.9 Å². The van der Waals surface area contributed by atoms with Gasteiger partial charge in [-0.25, -0.2) is 4.79 Å². The van der Waals surface area contributed by atoms with Gasteiger partial charge in [-0.05, 0) is 6.92 Å². The van der Waals surface area contributed by atoms with Gasteiger partial charge in [0.1, 0.15) is 0 Å². The lowest BCUT2D eigenvalue weighted by atomic mass is 10.3. The van der Waals surface area contributed by atoms with Crippen molar-refractivity contribution in [3.8, 4) is 0 Å². The van der Waals surface area contributed by atoms with Crippen LogP contribution in [0.1, 0.15) is 20.3 Å². The van der Waals surface area contributed by atoms with Crippen LogP contribution in [0.15, 0.2) is 0 Å². The van der Waals surface area contributed by atoms with E-state index in [2.05, 4.69) is 14.8 Å². The van der Waals surface area contributed by atoms with Gasteiger partial charge in [-0.15, -0.1) is 11.8 Å². The first-order chi connectivity index (χ1) is 7.99. The fourth-order valence-corrected chi connectivity index (χ4v) is 1.67. The van der Waals surface area contributed by atoms with Crippen molar-refractivity contribution in [2.45, 2.75) is 25.5 Å². The molecule has 1 unspecified atom stereocenters. The summed E-state index contributed by atoms with van der Waals surface area (Å²) >= 11 is 1.27. The van der Waals surface area contributed by atoms with Gasteiger partial charge in [-0.2, -0.15) is 0 Å². The quantitative estimate of drug-likeness (QED) is 0.718. The number of rotatable bonds is 6. The van der Waals surface area contributed by atoms with E-state index in [-0.39, 0.29) is 30.0 Å². The Morgan fingerprint density at radius 2 is 2.00 bits per heavy atom. The van der Waals surface area contributed by atoms with E-state index in [1.54, 1.807) is 13.8 Å². The molecule has 1 atom stereocenters. The van der Waals surface area contributed by atoms with Crippen LogP contribution < -0.4 is 5.32 Å². The molecule has 0 fully saturated rings. The summed E-state index contributed by atoms with van der Waals surface area (Å²) in [4.78, 5) is 33.0. The zero-order valence-corrected chi connectivity index (χ0v) is 11.0. The largest absolute Gasteiger partial charge is 0.469 e. The number of imide groups is 1. The predicted octanol–water partition coefficient (Wildman–Crippen LogP) is 0.944. The molecule has 0 aromatic heterocycles. The maximum absolute atomic E-state index is 11.2. The van der Waals surface area contributed by atoms with Crippen LogP contribution >= 0.6 is 11.8 Å². The van der Waals surface area contributed by atoms with Gasteiger partial charge >= 0.3 is 12.1 Å². The van der Waals surface area contributed by atoms with Crippen molar-refractivity contribution in [3.63, 3.8) is 0 Å². The fourth-order valence-electron chi connectivity index (χ4n) is 0.912. The Morgan fingerprint density at radius 3 is 2.53 bits per heavy atom. The molecule has 0 aliphatic rings. The molecule has 0 aromatic rings. The lowest BCUT2D eigenvalue weighted by Crippen LogP contribution is -2.32. The van der Waals surface area contributed by atoms with Crippen LogP contribution in [-0.4, -0.2) is 42.7 Å². The summed E-state index contributed by atoms with van der Waals surface area (Å²) in [5, 5.41) is 2.02. The van der Waals surface area contributed by atoms with Gasteiger partial charge in [0.15, 0.2) is 0 Å². The van der Waals surface area contributed by atoms with Gasteiger partial charge in [-0.3, -0.25) is 14.9 Å². The number of nitrogens with one attached hydrogen (secondary N) is 1. The van der Waals surface area contributed by atoms with Crippen LogP contribution in [0, 0.1) is 0 Å². The van der Waals surface area contributed by atoms with Gasteiger partial charge in [0.25, 0.3) is 0 Å². The molecular weight excluding hydrogens is 246 g/mol. The normalized spacial score (nSPS) is 11.5. The third kappa shape index (κ3) is 8.56. The highest BCUT2D eigenvalue weighted by Crippen LogP contribution is 2.13. The molecule has 0 aromatic carbocycles. The monoisotopic (exact) mass is 263 g/mol. The zero-order chi connectivity index (χ0) is 13.3. The molecule has 0 rings (SSSR count). The second kappa shape index (κ2) is 8.86. The zero-order valence-electron chi connectivity index (χ0n) is 10.1. The minimum Gasteiger partial charge on any atom is -0.469 e. The van der Waals surface area contributed by atoms with Crippen LogP contribution in [0.2, 0.25) is 0 Å². The Labute approximate surface area is 104 Å². The Bertz CT molecular complexity index is 282. The van der Waals surface area contributed by atoms with E-state index in [1.165, 1.54) is 18.9 Å². The summed E-state index contributed by atoms with van der Waals surface area (Å²) in [6.45, 7) is 3.67. The number of ether oxygens (including phenoxy) is 2. The van der Waals surface area contributed by atoms with Gasteiger partial charge in [0, 0.05) is 5.25 Å². The maximum atomic E-state index is 11.2. The van der Waals surface area contributed by atoms with Crippen LogP contribution in [0.4, 0.5) is 4.79 Å². The third-order valence-electron chi connectivity index (χ3n) is 1.70. The Hall–Kier alpha value is -1.24. The minimum absolute atomic E-state index is 0.0459. The highest BCUT2D eigenvalue weighted by atomic mass is 32.2. The van der Waals surface area contributed by atoms with E-state index >= 15 is 0 Å². The lowest BCUT2D eigenvalue weighted by Gasteiger charge is -2.09. The van der Waals surface area contributed by atoms with Gasteiger partial charge < -0.3 is 9.47 Å². The van der Waals surface area contributed by atoms with Crippen LogP contribution in [-0.2, 0) is 19.1 Å². The maximum Gasteiger partial charge on any atom is 0.413 e. The van der Waals surface area contributed by atoms with E-state index in [4.69, 9.17) is 0 Å². The number of amides is 2. The number of carbonyl (C=O) groups excluding carboxylic acids is 3. The van der Waals surface area contributed by atoms with Crippen molar-refractivity contribution in [1.29, 1.82) is 0 Å². The minimum atomic E-state index is -0.751. The summed E-state index contributed by atoms with van der Waals surface area (Å²) in [5.74, 6) is -0.669. The third-order valence-corrected chi connectivity index (χ3v) is 2.86. The van der Waals surface area contributed by atoms with Gasteiger partial charge in [-0.1, -0.05) is 6.92 Å². The fraction of sp³-hybridized carbons (Fsp3) is 0.700. The van der Waals surface area contributed by atoms with Crippen molar-refractivity contribution in [2.24, 2.45) is 0 Å². The number of thioether (sulfide) groups is 1. The van der Waals surface area contributed by atoms with Crippen molar-refractivity contribution in [2.75, 3.05) is 19.5 Å². The molecule has 0 heterocycles. The van der Waals surface area contributed by atoms with Crippen molar-refractivity contribution < 1.29 is 23.9 Å². The van der Waals surface area contributed by atoms with Crippen LogP contribution in [0.3, 0.4) is 0 Å². The molecule has 17 heavy (non-hydrogen) atoms. The molecule has 0 saturated heterocycles. The molecule has 7 heteroatoms. The molecule has 2 amide bonds. The first-order valence-corrected chi connectivity index (χ1v) is 6.19. The van der Waals surface area contributed by atoms with E-state index in [9.17, 15) is 14.4 Å². The number of esters is 1. The number of carbonyl (C=O) groups is 3. The first kappa shape index (κ1) is 15.8. The first-order valence-electron chi connectivity index (χ1n) is 5.14. The predicted molar refractivity (Wildman–Crippen MR) is 63.7 cm³/mol. The smallest absolute Gasteiger partial charge is 0.413 e. The SMILES string of the molecule is CCOC(=O)NC(=O)CSC(C)CC(=O)OC. The van der Waals surface area contributed by atoms with E-state index in [0.29, 0.717) is 0 Å². The second-order valence-electron chi connectivity index (χ2n) is 3.17. The van der Waals surface area contributed by atoms with E-state index in [0.717, 1.165) is 0 Å². The Kier molecular flexibility index (Phi) is 8.21. The molecule has 1 N–H and O–H groups in total. The standard InChI is InChI=1S/C10H17NO5S/c1-4-16-10(14)11-8(12)6-17-7(2)5-9(13)15-3/h7H,4-6H2,1-3H3,(H,11,12,14). The highest BCUT2D eigenvalue weighted by molar-refractivity contribution is 8.00. The van der Waals surface area contributed by atoms with E-state index in [1.807, 2.05) is 0 Å². The number of hydrogen-bond donors (Lipinski definition) is 1. The van der Waals surface area contributed by atoms with E-state index < -0.39 is 12.0 Å². The molecule has 0 spiro atoms. The Balaban J connectivity index is 3.76. The molecular formula is C10H17NO5S. The number of alkyl carbamates (subject to hydrolysis) is 1. The average molecular weight is 263 g/mol. The summed E-state index contributed by atoms with van der Waals surface area (Å²) in [5.41, 5.74) is 0. The summed E-state index contributed by atoms with van der Waals surface area (Å²) in [7, 11) is 1.31. The Morgan fingerprint density at radius 1 is 1.35 bits per heavy atom.